The van der Waals surface area contributed by atoms with Gasteiger partial charge in [-0.3, -0.25) is 4.79 Å². The first-order valence-electron chi connectivity index (χ1n) is 6.33. The molecule has 5 heteroatoms. The van der Waals surface area contributed by atoms with Crippen molar-refractivity contribution in [1.29, 1.82) is 0 Å². The fourth-order valence-corrected chi connectivity index (χ4v) is 2.54. The number of nitrogens with one attached hydrogen (secondary N) is 1. The van der Waals surface area contributed by atoms with E-state index in [-0.39, 0.29) is 11.2 Å². The summed E-state index contributed by atoms with van der Waals surface area (Å²) in [6.07, 6.45) is 0.969. The molecule has 0 aromatic heterocycles. The van der Waals surface area contributed by atoms with Gasteiger partial charge in [0.1, 0.15) is 0 Å². The van der Waals surface area contributed by atoms with Crippen LogP contribution >= 0.6 is 23.4 Å². The van der Waals surface area contributed by atoms with Crippen LogP contribution in [0.25, 0.3) is 0 Å². The van der Waals surface area contributed by atoms with Crippen LogP contribution in [0.2, 0.25) is 5.02 Å². The molecule has 1 rings (SSSR count). The van der Waals surface area contributed by atoms with E-state index in [4.69, 9.17) is 11.6 Å². The van der Waals surface area contributed by atoms with Crippen LogP contribution in [0.1, 0.15) is 13.3 Å². The first kappa shape index (κ1) is 16.3. The maximum Gasteiger partial charge on any atom is 0.233 e. The Balaban J connectivity index is 2.30. The van der Waals surface area contributed by atoms with E-state index in [9.17, 15) is 4.79 Å². The summed E-state index contributed by atoms with van der Waals surface area (Å²) in [6, 6.07) is 7.54. The second kappa shape index (κ2) is 8.46. The zero-order valence-corrected chi connectivity index (χ0v) is 13.2. The van der Waals surface area contributed by atoms with E-state index in [1.165, 1.54) is 0 Å². The van der Waals surface area contributed by atoms with E-state index in [2.05, 4.69) is 10.2 Å². The summed E-state index contributed by atoms with van der Waals surface area (Å²) in [4.78, 5) is 15.1. The highest BCUT2D eigenvalue weighted by molar-refractivity contribution is 8.00. The minimum atomic E-state index is -0.0967. The highest BCUT2D eigenvalue weighted by Gasteiger charge is 2.13. The minimum absolute atomic E-state index is 0.0821. The van der Waals surface area contributed by atoms with Gasteiger partial charge in [0, 0.05) is 16.5 Å². The average molecular weight is 301 g/mol. The number of rotatable bonds is 7. The summed E-state index contributed by atoms with van der Waals surface area (Å²) in [5.41, 5.74) is 0. The van der Waals surface area contributed by atoms with Crippen LogP contribution in [0.3, 0.4) is 0 Å². The number of thioether (sulfide) groups is 1. The Kier molecular flexibility index (Phi) is 7.28. The van der Waals surface area contributed by atoms with Crippen molar-refractivity contribution in [2.45, 2.75) is 23.5 Å². The van der Waals surface area contributed by atoms with Gasteiger partial charge in [-0.05, 0) is 58.3 Å². The lowest BCUT2D eigenvalue weighted by Gasteiger charge is -2.13. The van der Waals surface area contributed by atoms with Gasteiger partial charge in [0.15, 0.2) is 0 Å². The van der Waals surface area contributed by atoms with Crippen molar-refractivity contribution in [3.63, 3.8) is 0 Å². The smallest absolute Gasteiger partial charge is 0.233 e. The summed E-state index contributed by atoms with van der Waals surface area (Å²) in [5, 5.41) is 3.57. The maximum atomic E-state index is 11.9. The van der Waals surface area contributed by atoms with Crippen molar-refractivity contribution in [2.75, 3.05) is 27.2 Å². The Morgan fingerprint density at radius 3 is 2.58 bits per heavy atom. The largest absolute Gasteiger partial charge is 0.355 e. The molecule has 106 valence electrons. The zero-order valence-electron chi connectivity index (χ0n) is 11.6. The maximum absolute atomic E-state index is 11.9. The van der Waals surface area contributed by atoms with E-state index in [0.717, 1.165) is 24.4 Å². The average Bonchev–Trinajstić information content (AvgIpc) is 2.36. The molecule has 0 radical (unpaired) electrons. The molecule has 0 saturated heterocycles. The number of hydrogen-bond donors (Lipinski definition) is 1. The summed E-state index contributed by atoms with van der Waals surface area (Å²) in [7, 11) is 4.06. The van der Waals surface area contributed by atoms with Crippen molar-refractivity contribution in [1.82, 2.24) is 10.2 Å². The molecule has 0 unspecified atom stereocenters. The van der Waals surface area contributed by atoms with Crippen LogP contribution in [0.15, 0.2) is 29.2 Å². The normalized spacial score (nSPS) is 12.5. The molecule has 0 bridgehead atoms. The Labute approximate surface area is 124 Å². The van der Waals surface area contributed by atoms with Crippen molar-refractivity contribution in [2.24, 2.45) is 0 Å². The van der Waals surface area contributed by atoms with Gasteiger partial charge in [-0.2, -0.15) is 0 Å². The van der Waals surface area contributed by atoms with Crippen LogP contribution in [-0.2, 0) is 4.79 Å². The lowest BCUT2D eigenvalue weighted by Crippen LogP contribution is -2.32. The molecule has 0 aliphatic rings. The molecule has 0 fully saturated rings. The van der Waals surface area contributed by atoms with Crippen molar-refractivity contribution < 1.29 is 4.79 Å². The first-order valence-corrected chi connectivity index (χ1v) is 7.59. The molecule has 1 aromatic carbocycles. The molecule has 0 aliphatic heterocycles. The third-order valence-electron chi connectivity index (χ3n) is 2.58. The molecule has 0 heterocycles. The molecular formula is C14H21ClN2OS. The number of carbonyl (C=O) groups excluding carboxylic acids is 1. The van der Waals surface area contributed by atoms with Gasteiger partial charge in [0.25, 0.3) is 0 Å². The van der Waals surface area contributed by atoms with Gasteiger partial charge in [-0.1, -0.05) is 11.6 Å². The fourth-order valence-electron chi connectivity index (χ4n) is 1.52. The van der Waals surface area contributed by atoms with Crippen molar-refractivity contribution in [3.8, 4) is 0 Å². The first-order chi connectivity index (χ1) is 8.99. The number of halogens is 1. The number of amides is 1. The minimum Gasteiger partial charge on any atom is -0.355 e. The van der Waals surface area contributed by atoms with Crippen LogP contribution in [0.4, 0.5) is 0 Å². The number of benzene rings is 1. The molecular weight excluding hydrogens is 280 g/mol. The second-order valence-electron chi connectivity index (χ2n) is 4.66. The van der Waals surface area contributed by atoms with Gasteiger partial charge < -0.3 is 10.2 Å². The molecule has 1 N–H and O–H groups in total. The summed E-state index contributed by atoms with van der Waals surface area (Å²) < 4.78 is 0. The van der Waals surface area contributed by atoms with E-state index in [1.807, 2.05) is 45.3 Å². The molecule has 3 nitrogen and oxygen atoms in total. The zero-order chi connectivity index (χ0) is 14.3. The third-order valence-corrected chi connectivity index (χ3v) is 3.94. The van der Waals surface area contributed by atoms with Crippen molar-refractivity contribution >= 4 is 29.3 Å². The monoisotopic (exact) mass is 300 g/mol. The number of carbonyl (C=O) groups is 1. The van der Waals surface area contributed by atoms with Crippen LogP contribution < -0.4 is 5.32 Å². The Morgan fingerprint density at radius 2 is 2.00 bits per heavy atom. The molecule has 1 atom stereocenters. The lowest BCUT2D eigenvalue weighted by molar-refractivity contribution is -0.120. The number of nitrogens with zero attached hydrogens (tertiary/aromatic N) is 1. The molecule has 1 amide bonds. The van der Waals surface area contributed by atoms with Crippen molar-refractivity contribution in [3.05, 3.63) is 29.3 Å². The highest BCUT2D eigenvalue weighted by Crippen LogP contribution is 2.24. The standard InChI is InChI=1S/C14H21ClN2OS/c1-11(14(18)16-9-4-10-17(2)3)19-13-7-5-12(15)6-8-13/h5-8,11H,4,9-10H2,1-3H3,(H,16,18)/t11-/m1/s1. The quantitative estimate of drug-likeness (QED) is 0.621. The molecule has 19 heavy (non-hydrogen) atoms. The number of hydrogen-bond acceptors (Lipinski definition) is 3. The van der Waals surface area contributed by atoms with Gasteiger partial charge >= 0.3 is 0 Å². The Hall–Kier alpha value is -0.710. The third kappa shape index (κ3) is 6.85. The van der Waals surface area contributed by atoms with Crippen LogP contribution in [0.5, 0.6) is 0 Å². The fraction of sp³-hybridized carbons (Fsp3) is 0.500. The van der Waals surface area contributed by atoms with E-state index < -0.39 is 0 Å². The van der Waals surface area contributed by atoms with Gasteiger partial charge in [-0.25, -0.2) is 0 Å². The van der Waals surface area contributed by atoms with Gasteiger partial charge in [0.2, 0.25) is 5.91 Å². The van der Waals surface area contributed by atoms with Crippen LogP contribution in [-0.4, -0.2) is 43.2 Å². The van der Waals surface area contributed by atoms with Crippen LogP contribution in [0, 0.1) is 0 Å². The van der Waals surface area contributed by atoms with E-state index in [1.54, 1.807) is 11.8 Å². The SMILES string of the molecule is C[C@@H](Sc1ccc(Cl)cc1)C(=O)NCCCN(C)C. The molecule has 0 aliphatic carbocycles. The molecule has 0 spiro atoms. The Bertz CT molecular complexity index is 395. The predicted molar refractivity (Wildman–Crippen MR) is 83.0 cm³/mol. The highest BCUT2D eigenvalue weighted by atomic mass is 35.5. The molecule has 0 saturated carbocycles. The lowest BCUT2D eigenvalue weighted by atomic mass is 10.3. The van der Waals surface area contributed by atoms with Gasteiger partial charge in [-0.15, -0.1) is 11.8 Å². The van der Waals surface area contributed by atoms with E-state index >= 15 is 0 Å². The summed E-state index contributed by atoms with van der Waals surface area (Å²) in [5.74, 6) is 0.0821. The van der Waals surface area contributed by atoms with Gasteiger partial charge in [0.05, 0.1) is 5.25 Å². The summed E-state index contributed by atoms with van der Waals surface area (Å²) >= 11 is 7.37. The van der Waals surface area contributed by atoms with E-state index in [0.29, 0.717) is 5.02 Å². The topological polar surface area (TPSA) is 32.3 Å². The predicted octanol–water partition coefficient (Wildman–Crippen LogP) is 2.89. The summed E-state index contributed by atoms with van der Waals surface area (Å²) in [6.45, 7) is 3.63. The Morgan fingerprint density at radius 1 is 1.37 bits per heavy atom. The molecule has 1 aromatic rings. The second-order valence-corrected chi connectivity index (χ2v) is 6.51.